The second kappa shape index (κ2) is 3.70. The molecule has 2 atom stereocenters. The van der Waals surface area contributed by atoms with Crippen LogP contribution in [0.25, 0.3) is 0 Å². The van der Waals surface area contributed by atoms with Gasteiger partial charge in [0.05, 0.1) is 6.10 Å². The number of hydrogen-bond donors (Lipinski definition) is 0. The summed E-state index contributed by atoms with van der Waals surface area (Å²) in [6.07, 6.45) is 3.41. The average molecular weight is 224 g/mol. The Balaban J connectivity index is 1.57. The summed E-state index contributed by atoms with van der Waals surface area (Å²) < 4.78 is 5.23. The summed E-state index contributed by atoms with van der Waals surface area (Å²) >= 11 is 0. The number of piperazine rings is 1. The minimum atomic E-state index is 0.249. The third-order valence-corrected chi connectivity index (χ3v) is 4.41. The molecule has 2 aliphatic heterocycles. The van der Waals surface area contributed by atoms with E-state index in [0.29, 0.717) is 24.1 Å². The van der Waals surface area contributed by atoms with Gasteiger partial charge in [0.1, 0.15) is 0 Å². The van der Waals surface area contributed by atoms with Gasteiger partial charge in [-0.3, -0.25) is 4.79 Å². The molecule has 2 saturated heterocycles. The van der Waals surface area contributed by atoms with Gasteiger partial charge >= 0.3 is 0 Å². The molecule has 0 aromatic rings. The van der Waals surface area contributed by atoms with Crippen molar-refractivity contribution in [1.82, 2.24) is 9.80 Å². The van der Waals surface area contributed by atoms with E-state index in [-0.39, 0.29) is 5.92 Å². The van der Waals surface area contributed by atoms with Crippen molar-refractivity contribution in [2.24, 2.45) is 5.92 Å². The second-order valence-electron chi connectivity index (χ2n) is 5.54. The third kappa shape index (κ3) is 1.47. The quantitative estimate of drug-likeness (QED) is 0.677. The molecule has 0 spiro atoms. The molecule has 1 saturated carbocycles. The first-order chi connectivity index (χ1) is 7.69. The summed E-state index contributed by atoms with van der Waals surface area (Å²) in [6, 6.07) is 0.996. The number of likely N-dealkylation sites (N-methyl/N-ethyl adjacent to an activating group) is 1. The topological polar surface area (TPSA) is 32.8 Å². The van der Waals surface area contributed by atoms with Crippen LogP contribution >= 0.6 is 0 Å². The van der Waals surface area contributed by atoms with Crippen molar-refractivity contribution < 1.29 is 9.53 Å². The van der Waals surface area contributed by atoms with Gasteiger partial charge in [0, 0.05) is 38.2 Å². The molecule has 3 fully saturated rings. The molecule has 0 N–H and O–H groups in total. The normalized spacial score (nSPS) is 42.5. The summed E-state index contributed by atoms with van der Waals surface area (Å²) in [5, 5.41) is 0. The Hall–Kier alpha value is -0.610. The second-order valence-corrected chi connectivity index (χ2v) is 5.54. The number of fused-ring (bicyclic) bond motifs is 2. The van der Waals surface area contributed by atoms with E-state index >= 15 is 0 Å². The Morgan fingerprint density at radius 1 is 1.19 bits per heavy atom. The van der Waals surface area contributed by atoms with E-state index in [0.717, 1.165) is 25.9 Å². The predicted octanol–water partition coefficient (Wildman–Crippen LogP) is 0.326. The molecular formula is C12H20N2O2. The number of piperidine rings is 1. The van der Waals surface area contributed by atoms with Crippen molar-refractivity contribution in [2.45, 2.75) is 37.5 Å². The van der Waals surface area contributed by atoms with E-state index in [9.17, 15) is 4.79 Å². The van der Waals surface area contributed by atoms with E-state index in [1.807, 2.05) is 0 Å². The van der Waals surface area contributed by atoms with Gasteiger partial charge in [0.15, 0.2) is 0 Å². The number of nitrogens with zero attached hydrogens (tertiary/aromatic N) is 2. The lowest BCUT2D eigenvalue weighted by Crippen LogP contribution is -2.70. The lowest BCUT2D eigenvalue weighted by atomic mass is 9.78. The fraction of sp³-hybridized carbons (Fsp3) is 0.917. The molecule has 1 aliphatic carbocycles. The van der Waals surface area contributed by atoms with Crippen LogP contribution in [0.2, 0.25) is 0 Å². The highest BCUT2D eigenvalue weighted by Crippen LogP contribution is 2.38. The van der Waals surface area contributed by atoms with Crippen LogP contribution in [0.15, 0.2) is 0 Å². The van der Waals surface area contributed by atoms with Gasteiger partial charge in [-0.15, -0.1) is 0 Å². The maximum atomic E-state index is 12.2. The number of ether oxygens (including phenoxy) is 1. The molecular weight excluding hydrogens is 204 g/mol. The molecule has 0 radical (unpaired) electrons. The summed E-state index contributed by atoms with van der Waals surface area (Å²) in [7, 11) is 3.88. The molecule has 4 nitrogen and oxygen atoms in total. The van der Waals surface area contributed by atoms with Crippen LogP contribution in [0.4, 0.5) is 0 Å². The van der Waals surface area contributed by atoms with Gasteiger partial charge in [0.2, 0.25) is 5.91 Å². The van der Waals surface area contributed by atoms with Crippen LogP contribution in [0.5, 0.6) is 0 Å². The van der Waals surface area contributed by atoms with E-state index < -0.39 is 0 Å². The zero-order chi connectivity index (χ0) is 11.3. The predicted molar refractivity (Wildman–Crippen MR) is 60.1 cm³/mol. The molecule has 3 rings (SSSR count). The molecule has 4 heteroatoms. The maximum Gasteiger partial charge on any atom is 0.226 e. The minimum absolute atomic E-state index is 0.249. The van der Waals surface area contributed by atoms with E-state index in [1.54, 1.807) is 7.11 Å². The largest absolute Gasteiger partial charge is 0.381 e. The fourth-order valence-electron chi connectivity index (χ4n) is 3.35. The van der Waals surface area contributed by atoms with E-state index in [2.05, 4.69) is 16.8 Å². The van der Waals surface area contributed by atoms with Crippen LogP contribution < -0.4 is 0 Å². The zero-order valence-corrected chi connectivity index (χ0v) is 10.1. The van der Waals surface area contributed by atoms with Crippen LogP contribution in [0.3, 0.4) is 0 Å². The van der Waals surface area contributed by atoms with Crippen LogP contribution in [-0.4, -0.2) is 61.1 Å². The van der Waals surface area contributed by atoms with Gasteiger partial charge in [-0.2, -0.15) is 0 Å². The molecule has 0 aromatic carbocycles. The summed E-state index contributed by atoms with van der Waals surface area (Å²) in [4.78, 5) is 16.7. The van der Waals surface area contributed by atoms with Gasteiger partial charge < -0.3 is 14.5 Å². The number of rotatable bonds is 2. The van der Waals surface area contributed by atoms with E-state index in [1.165, 1.54) is 6.42 Å². The highest BCUT2D eigenvalue weighted by atomic mass is 16.5. The number of carbonyl (C=O) groups excluding carboxylic acids is 1. The summed E-state index contributed by atoms with van der Waals surface area (Å²) in [5.41, 5.74) is 0. The van der Waals surface area contributed by atoms with Gasteiger partial charge in [-0.25, -0.2) is 0 Å². The monoisotopic (exact) mass is 224 g/mol. The maximum absolute atomic E-state index is 12.2. The first-order valence-corrected chi connectivity index (χ1v) is 6.22. The molecule has 0 aromatic heterocycles. The standard InChI is InChI=1S/C12H20N2O2/c1-13-6-9-5-10(7-13)14(9)12(15)8-3-11(4-8)16-2/h8-11H,3-7H2,1-2H3. The third-order valence-electron chi connectivity index (χ3n) is 4.41. The van der Waals surface area contributed by atoms with Crippen LogP contribution in [0.1, 0.15) is 19.3 Å². The Kier molecular flexibility index (Phi) is 2.44. The lowest BCUT2D eigenvalue weighted by molar-refractivity contribution is -0.164. The summed E-state index contributed by atoms with van der Waals surface area (Å²) in [6.45, 7) is 2.12. The number of methoxy groups -OCH3 is 1. The Morgan fingerprint density at radius 3 is 2.38 bits per heavy atom. The lowest BCUT2D eigenvalue weighted by Gasteiger charge is -2.57. The van der Waals surface area contributed by atoms with Gasteiger partial charge in [0.25, 0.3) is 0 Å². The number of hydrogen-bond acceptors (Lipinski definition) is 3. The van der Waals surface area contributed by atoms with Crippen molar-refractivity contribution in [3.63, 3.8) is 0 Å². The van der Waals surface area contributed by atoms with Crippen molar-refractivity contribution in [3.8, 4) is 0 Å². The minimum Gasteiger partial charge on any atom is -0.381 e. The Labute approximate surface area is 96.5 Å². The fourth-order valence-corrected chi connectivity index (χ4v) is 3.35. The molecule has 1 amide bonds. The molecule has 2 bridgehead atoms. The van der Waals surface area contributed by atoms with E-state index in [4.69, 9.17) is 4.74 Å². The molecule has 2 heterocycles. The van der Waals surface area contributed by atoms with Crippen LogP contribution in [0, 0.1) is 5.92 Å². The average Bonchev–Trinajstić information content (AvgIpc) is 2.15. The highest BCUT2D eigenvalue weighted by molar-refractivity contribution is 5.81. The number of amides is 1. The van der Waals surface area contributed by atoms with Gasteiger partial charge in [-0.05, 0) is 26.3 Å². The number of likely N-dealkylation sites (tertiary alicyclic amines) is 2. The van der Waals surface area contributed by atoms with Crippen molar-refractivity contribution in [3.05, 3.63) is 0 Å². The van der Waals surface area contributed by atoms with Gasteiger partial charge in [-0.1, -0.05) is 0 Å². The Morgan fingerprint density at radius 2 is 1.81 bits per heavy atom. The first-order valence-electron chi connectivity index (χ1n) is 6.22. The molecule has 2 unspecified atom stereocenters. The van der Waals surface area contributed by atoms with Crippen LogP contribution in [-0.2, 0) is 9.53 Å². The molecule has 3 aliphatic rings. The SMILES string of the molecule is COC1CC(C(=O)N2C3CC2CN(C)C3)C1. The Bertz CT molecular complexity index is 289. The molecule has 16 heavy (non-hydrogen) atoms. The highest BCUT2D eigenvalue weighted by Gasteiger charge is 2.49. The van der Waals surface area contributed by atoms with Crippen molar-refractivity contribution in [1.29, 1.82) is 0 Å². The smallest absolute Gasteiger partial charge is 0.226 e. The first kappa shape index (κ1) is 10.5. The summed E-state index contributed by atoms with van der Waals surface area (Å²) in [5.74, 6) is 0.640. The van der Waals surface area contributed by atoms with Crippen molar-refractivity contribution >= 4 is 5.91 Å². The number of carbonyl (C=O) groups is 1. The van der Waals surface area contributed by atoms with Crippen molar-refractivity contribution in [2.75, 3.05) is 27.2 Å². The zero-order valence-electron chi connectivity index (χ0n) is 10.1. The molecule has 90 valence electrons.